The van der Waals surface area contributed by atoms with Crippen molar-refractivity contribution in [3.05, 3.63) is 0 Å². The first-order valence-electron chi connectivity index (χ1n) is 9.25. The Hall–Kier alpha value is -2.73. The highest BCUT2D eigenvalue weighted by Crippen LogP contribution is 2.19. The van der Waals surface area contributed by atoms with Crippen molar-refractivity contribution in [3.63, 3.8) is 0 Å². The van der Waals surface area contributed by atoms with Crippen LogP contribution in [0.4, 0.5) is 0 Å². The van der Waals surface area contributed by atoms with Gasteiger partial charge in [-0.1, -0.05) is 0 Å². The lowest BCUT2D eigenvalue weighted by Gasteiger charge is -2.29. The van der Waals surface area contributed by atoms with E-state index >= 15 is 0 Å². The van der Waals surface area contributed by atoms with Gasteiger partial charge in [0.1, 0.15) is 18.1 Å². The molecule has 0 bridgehead atoms. The number of aliphatic carboxylic acids is 2. The van der Waals surface area contributed by atoms with E-state index in [1.165, 1.54) is 13.8 Å². The van der Waals surface area contributed by atoms with E-state index < -0.39 is 66.4 Å². The summed E-state index contributed by atoms with van der Waals surface area (Å²) in [6, 6.07) is -4.76. The summed E-state index contributed by atoms with van der Waals surface area (Å²) in [7, 11) is 0. The minimum atomic E-state index is -1.43. The molecule has 0 aromatic heterocycles. The second-order valence-electron chi connectivity index (χ2n) is 7.04. The first-order chi connectivity index (χ1) is 13.5. The monoisotopic (exact) mass is 416 g/mol. The molecule has 12 nitrogen and oxygen atoms in total. The molecule has 12 heteroatoms. The van der Waals surface area contributed by atoms with Gasteiger partial charge < -0.3 is 36.6 Å². The van der Waals surface area contributed by atoms with E-state index in [0.29, 0.717) is 6.42 Å². The third kappa shape index (κ3) is 6.98. The van der Waals surface area contributed by atoms with Gasteiger partial charge in [-0.2, -0.15) is 0 Å². The highest BCUT2D eigenvalue weighted by atomic mass is 16.4. The van der Waals surface area contributed by atoms with E-state index in [2.05, 4.69) is 10.6 Å². The number of amides is 3. The summed E-state index contributed by atoms with van der Waals surface area (Å²) < 4.78 is 0. The van der Waals surface area contributed by atoms with Crippen LogP contribution in [0.2, 0.25) is 0 Å². The summed E-state index contributed by atoms with van der Waals surface area (Å²) in [5, 5.41) is 32.6. The predicted octanol–water partition coefficient (Wildman–Crippen LogP) is -2.38. The van der Waals surface area contributed by atoms with E-state index in [9.17, 15) is 34.2 Å². The molecule has 164 valence electrons. The molecule has 7 N–H and O–H groups in total. The summed E-state index contributed by atoms with van der Waals surface area (Å²) in [5.74, 6) is -4.74. The Morgan fingerprint density at radius 1 is 1.10 bits per heavy atom. The summed E-state index contributed by atoms with van der Waals surface area (Å²) >= 11 is 0. The van der Waals surface area contributed by atoms with Crippen LogP contribution in [0, 0.1) is 0 Å². The van der Waals surface area contributed by atoms with E-state index in [4.69, 9.17) is 10.8 Å². The fourth-order valence-corrected chi connectivity index (χ4v) is 2.96. The number of carboxylic acid groups (broad SMARTS) is 2. The van der Waals surface area contributed by atoms with E-state index in [1.54, 1.807) is 0 Å². The first kappa shape index (κ1) is 24.3. The molecule has 0 saturated carbocycles. The fourth-order valence-electron chi connectivity index (χ4n) is 2.96. The number of nitrogens with zero attached hydrogens (tertiary/aromatic N) is 1. The van der Waals surface area contributed by atoms with Gasteiger partial charge in [-0.05, 0) is 33.1 Å². The molecule has 0 aromatic rings. The number of hydrogen-bond donors (Lipinski definition) is 6. The van der Waals surface area contributed by atoms with Crippen LogP contribution < -0.4 is 16.4 Å². The molecule has 1 aliphatic rings. The molecule has 0 aliphatic carbocycles. The number of rotatable bonds is 10. The van der Waals surface area contributed by atoms with Crippen LogP contribution in [-0.4, -0.2) is 86.7 Å². The molecule has 1 aliphatic heterocycles. The van der Waals surface area contributed by atoms with Crippen molar-refractivity contribution in [2.45, 2.75) is 69.8 Å². The zero-order valence-electron chi connectivity index (χ0n) is 16.3. The zero-order valence-corrected chi connectivity index (χ0v) is 16.3. The molecule has 1 saturated heterocycles. The number of carboxylic acids is 2. The van der Waals surface area contributed by atoms with Crippen molar-refractivity contribution in [2.75, 3.05) is 6.54 Å². The molecule has 0 radical (unpaired) electrons. The molecule has 1 heterocycles. The SMILES string of the molecule is CC(N)C(=O)NC(C(=O)NC(CCC(=O)O)C(=O)N1CCCC1C(=O)O)C(C)O. The number of aliphatic hydroxyl groups is 1. The average molecular weight is 416 g/mol. The summed E-state index contributed by atoms with van der Waals surface area (Å²) in [6.07, 6.45) is -1.35. The predicted molar refractivity (Wildman–Crippen MR) is 98.4 cm³/mol. The van der Waals surface area contributed by atoms with Gasteiger partial charge in [-0.3, -0.25) is 19.2 Å². The zero-order chi connectivity index (χ0) is 22.3. The molecule has 1 rings (SSSR count). The molecular formula is C17H28N4O8. The van der Waals surface area contributed by atoms with Gasteiger partial charge in [0.25, 0.3) is 0 Å². The van der Waals surface area contributed by atoms with Crippen molar-refractivity contribution in [1.82, 2.24) is 15.5 Å². The maximum absolute atomic E-state index is 12.8. The second-order valence-corrected chi connectivity index (χ2v) is 7.04. The van der Waals surface area contributed by atoms with Gasteiger partial charge in [-0.15, -0.1) is 0 Å². The largest absolute Gasteiger partial charge is 0.481 e. The average Bonchev–Trinajstić information content (AvgIpc) is 3.11. The van der Waals surface area contributed by atoms with E-state index in [1.807, 2.05) is 0 Å². The molecule has 5 atom stereocenters. The van der Waals surface area contributed by atoms with Crippen LogP contribution in [-0.2, 0) is 24.0 Å². The van der Waals surface area contributed by atoms with Gasteiger partial charge in [0.15, 0.2) is 0 Å². The Bertz CT molecular complexity index is 651. The quantitative estimate of drug-likeness (QED) is 0.225. The molecule has 0 spiro atoms. The fraction of sp³-hybridized carbons (Fsp3) is 0.706. The van der Waals surface area contributed by atoms with Gasteiger partial charge >= 0.3 is 11.9 Å². The third-order valence-corrected chi connectivity index (χ3v) is 4.56. The number of carbonyl (C=O) groups is 5. The van der Waals surface area contributed by atoms with Crippen molar-refractivity contribution in [1.29, 1.82) is 0 Å². The normalized spacial score (nSPS) is 20.3. The van der Waals surface area contributed by atoms with Crippen LogP contribution in [0.3, 0.4) is 0 Å². The Kier molecular flexibility index (Phi) is 8.98. The highest BCUT2D eigenvalue weighted by molar-refractivity contribution is 5.94. The van der Waals surface area contributed by atoms with Crippen molar-refractivity contribution >= 4 is 29.7 Å². The van der Waals surface area contributed by atoms with E-state index in [0.717, 1.165) is 4.90 Å². The lowest BCUT2D eigenvalue weighted by Crippen LogP contribution is -2.59. The number of hydrogen-bond acceptors (Lipinski definition) is 7. The summed E-state index contributed by atoms with van der Waals surface area (Å²) in [5.41, 5.74) is 5.43. The van der Waals surface area contributed by atoms with E-state index in [-0.39, 0.29) is 19.4 Å². The number of likely N-dealkylation sites (tertiary alicyclic amines) is 1. The second kappa shape index (κ2) is 10.7. The number of carbonyl (C=O) groups excluding carboxylic acids is 3. The minimum Gasteiger partial charge on any atom is -0.481 e. The molecule has 5 unspecified atom stereocenters. The lowest BCUT2D eigenvalue weighted by atomic mass is 10.1. The molecule has 3 amide bonds. The molecule has 0 aromatic carbocycles. The lowest BCUT2D eigenvalue weighted by molar-refractivity contribution is -0.150. The van der Waals surface area contributed by atoms with Crippen LogP contribution in [0.25, 0.3) is 0 Å². The van der Waals surface area contributed by atoms with Gasteiger partial charge in [-0.25, -0.2) is 4.79 Å². The Balaban J connectivity index is 2.99. The molecule has 29 heavy (non-hydrogen) atoms. The first-order valence-corrected chi connectivity index (χ1v) is 9.25. The topological polar surface area (TPSA) is 199 Å². The Morgan fingerprint density at radius 2 is 1.72 bits per heavy atom. The number of aliphatic hydroxyl groups excluding tert-OH is 1. The van der Waals surface area contributed by atoms with Crippen molar-refractivity contribution < 1.29 is 39.3 Å². The standard InChI is InChI=1S/C17H28N4O8/c1-8(18)14(25)20-13(9(2)22)15(26)19-10(5-6-12(23)24)16(27)21-7-3-4-11(21)17(28)29/h8-11,13,22H,3-7,18H2,1-2H3,(H,19,26)(H,20,25)(H,23,24)(H,28,29). The summed E-state index contributed by atoms with van der Waals surface area (Å²) in [6.45, 7) is 2.79. The van der Waals surface area contributed by atoms with Crippen LogP contribution in [0.15, 0.2) is 0 Å². The Morgan fingerprint density at radius 3 is 2.21 bits per heavy atom. The smallest absolute Gasteiger partial charge is 0.326 e. The maximum atomic E-state index is 12.8. The summed E-state index contributed by atoms with van der Waals surface area (Å²) in [4.78, 5) is 60.5. The minimum absolute atomic E-state index is 0.163. The number of nitrogens with two attached hydrogens (primary N) is 1. The van der Waals surface area contributed by atoms with Crippen LogP contribution in [0.1, 0.15) is 39.5 Å². The van der Waals surface area contributed by atoms with Gasteiger partial charge in [0, 0.05) is 13.0 Å². The number of nitrogens with one attached hydrogen (secondary N) is 2. The van der Waals surface area contributed by atoms with Crippen LogP contribution in [0.5, 0.6) is 0 Å². The highest BCUT2D eigenvalue weighted by Gasteiger charge is 2.38. The maximum Gasteiger partial charge on any atom is 0.326 e. The van der Waals surface area contributed by atoms with Gasteiger partial charge in [0.2, 0.25) is 17.7 Å². The van der Waals surface area contributed by atoms with Gasteiger partial charge in [0.05, 0.1) is 12.1 Å². The third-order valence-electron chi connectivity index (χ3n) is 4.56. The van der Waals surface area contributed by atoms with Crippen molar-refractivity contribution in [2.24, 2.45) is 5.73 Å². The van der Waals surface area contributed by atoms with Crippen molar-refractivity contribution in [3.8, 4) is 0 Å². The molecular weight excluding hydrogens is 388 g/mol. The van der Waals surface area contributed by atoms with Crippen LogP contribution >= 0.6 is 0 Å². The Labute approximate surface area is 167 Å². The molecule has 1 fully saturated rings.